The molecular formula is C11H20F2N2O2. The largest absolute Gasteiger partial charge is 0.444 e. The van der Waals surface area contributed by atoms with Crippen LogP contribution in [0.4, 0.5) is 13.6 Å². The Morgan fingerprint density at radius 1 is 1.47 bits per heavy atom. The smallest absolute Gasteiger partial charge is 0.410 e. The van der Waals surface area contributed by atoms with Crippen LogP contribution in [0.25, 0.3) is 0 Å². The fourth-order valence-electron chi connectivity index (χ4n) is 1.70. The van der Waals surface area contributed by atoms with Gasteiger partial charge in [-0.1, -0.05) is 0 Å². The topological polar surface area (TPSA) is 41.6 Å². The van der Waals surface area contributed by atoms with E-state index in [-0.39, 0.29) is 19.5 Å². The third-order valence-corrected chi connectivity index (χ3v) is 2.63. The number of likely N-dealkylation sites (N-methyl/N-ethyl adjacent to an activating group) is 1. The fraction of sp³-hybridized carbons (Fsp3) is 0.909. The summed E-state index contributed by atoms with van der Waals surface area (Å²) in [5.41, 5.74) is -0.605. The van der Waals surface area contributed by atoms with Crippen molar-refractivity contribution < 1.29 is 18.3 Å². The molecule has 17 heavy (non-hydrogen) atoms. The third-order valence-electron chi connectivity index (χ3n) is 2.63. The average Bonchev–Trinajstić information content (AvgIpc) is 2.14. The predicted molar refractivity (Wildman–Crippen MR) is 60.2 cm³/mol. The van der Waals surface area contributed by atoms with Crippen molar-refractivity contribution in [3.8, 4) is 0 Å². The number of nitrogens with one attached hydrogen (secondary N) is 1. The van der Waals surface area contributed by atoms with E-state index in [1.54, 1.807) is 20.8 Å². The normalized spacial score (nSPS) is 24.6. The highest BCUT2D eigenvalue weighted by atomic mass is 19.3. The molecule has 1 amide bonds. The van der Waals surface area contributed by atoms with Crippen molar-refractivity contribution in [1.29, 1.82) is 0 Å². The van der Waals surface area contributed by atoms with Crippen LogP contribution in [-0.2, 0) is 4.74 Å². The number of nitrogens with zero attached hydrogens (tertiary/aromatic N) is 1. The van der Waals surface area contributed by atoms with Crippen LogP contribution >= 0.6 is 0 Å². The van der Waals surface area contributed by atoms with Gasteiger partial charge in [0.05, 0.1) is 6.04 Å². The van der Waals surface area contributed by atoms with E-state index in [0.717, 1.165) is 0 Å². The number of carbonyl (C=O) groups excluding carboxylic acids is 1. The summed E-state index contributed by atoms with van der Waals surface area (Å²) in [6.45, 7) is 5.25. The van der Waals surface area contributed by atoms with E-state index in [1.165, 1.54) is 11.9 Å². The van der Waals surface area contributed by atoms with Crippen LogP contribution in [0.15, 0.2) is 0 Å². The molecule has 0 spiro atoms. The summed E-state index contributed by atoms with van der Waals surface area (Å²) in [5, 5.41) is 2.54. The summed E-state index contributed by atoms with van der Waals surface area (Å²) in [4.78, 5) is 13.0. The molecule has 100 valence electrons. The highest BCUT2D eigenvalue weighted by Crippen LogP contribution is 2.28. The van der Waals surface area contributed by atoms with Gasteiger partial charge in [0.25, 0.3) is 5.92 Å². The SMILES string of the molecule is CNC1CN(C(=O)OC(C)(C)C)CCC1(F)F. The highest BCUT2D eigenvalue weighted by Gasteiger charge is 2.45. The summed E-state index contributed by atoms with van der Waals surface area (Å²) in [5.74, 6) is -2.77. The van der Waals surface area contributed by atoms with E-state index < -0.39 is 23.7 Å². The van der Waals surface area contributed by atoms with Crippen molar-refractivity contribution in [3.63, 3.8) is 0 Å². The predicted octanol–water partition coefficient (Wildman–Crippen LogP) is 1.85. The Balaban J connectivity index is 2.61. The molecule has 0 aromatic heterocycles. The van der Waals surface area contributed by atoms with Gasteiger partial charge in [0.1, 0.15) is 5.60 Å². The van der Waals surface area contributed by atoms with E-state index in [2.05, 4.69) is 5.32 Å². The minimum atomic E-state index is -2.77. The minimum absolute atomic E-state index is 0.0279. The summed E-state index contributed by atoms with van der Waals surface area (Å²) in [6.07, 6.45) is -0.870. The number of piperidine rings is 1. The molecule has 1 rings (SSSR count). The average molecular weight is 250 g/mol. The highest BCUT2D eigenvalue weighted by molar-refractivity contribution is 5.68. The standard InChI is InChI=1S/C11H20F2N2O2/c1-10(2,3)17-9(16)15-6-5-11(12,13)8(7-15)14-4/h8,14H,5-7H2,1-4H3. The van der Waals surface area contributed by atoms with E-state index in [4.69, 9.17) is 4.74 Å². The Bertz CT molecular complexity index is 290. The maximum Gasteiger partial charge on any atom is 0.410 e. The molecule has 4 nitrogen and oxygen atoms in total. The van der Waals surface area contributed by atoms with Crippen LogP contribution < -0.4 is 5.32 Å². The molecule has 1 N–H and O–H groups in total. The number of amides is 1. The monoisotopic (exact) mass is 250 g/mol. The molecule has 1 fully saturated rings. The van der Waals surface area contributed by atoms with Crippen LogP contribution in [0.5, 0.6) is 0 Å². The molecule has 1 unspecified atom stereocenters. The summed E-state index contributed by atoms with van der Waals surface area (Å²) >= 11 is 0. The Labute approximate surface area is 100 Å². The van der Waals surface area contributed by atoms with E-state index in [9.17, 15) is 13.6 Å². The molecule has 0 aromatic rings. The van der Waals surface area contributed by atoms with Crippen molar-refractivity contribution in [2.24, 2.45) is 0 Å². The van der Waals surface area contributed by atoms with Crippen molar-refractivity contribution in [3.05, 3.63) is 0 Å². The molecule has 1 saturated heterocycles. The van der Waals surface area contributed by atoms with Crippen molar-refractivity contribution in [1.82, 2.24) is 10.2 Å². The first kappa shape index (κ1) is 14.2. The molecule has 0 radical (unpaired) electrons. The van der Waals surface area contributed by atoms with Gasteiger partial charge in [-0.05, 0) is 27.8 Å². The zero-order valence-electron chi connectivity index (χ0n) is 10.7. The third kappa shape index (κ3) is 3.80. The number of hydrogen-bond acceptors (Lipinski definition) is 3. The van der Waals surface area contributed by atoms with Gasteiger partial charge in [-0.15, -0.1) is 0 Å². The van der Waals surface area contributed by atoms with Crippen molar-refractivity contribution in [2.75, 3.05) is 20.1 Å². The zero-order valence-corrected chi connectivity index (χ0v) is 10.7. The molecule has 6 heteroatoms. The fourth-order valence-corrected chi connectivity index (χ4v) is 1.70. The maximum absolute atomic E-state index is 13.4. The lowest BCUT2D eigenvalue weighted by atomic mass is 10.0. The number of hydrogen-bond donors (Lipinski definition) is 1. The van der Waals surface area contributed by atoms with E-state index >= 15 is 0 Å². The second kappa shape index (κ2) is 4.76. The van der Waals surface area contributed by atoms with Gasteiger partial charge in [-0.3, -0.25) is 0 Å². The molecule has 1 aliphatic heterocycles. The first-order valence-corrected chi connectivity index (χ1v) is 5.69. The summed E-state index contributed by atoms with van der Waals surface area (Å²) < 4.78 is 32.0. The molecule has 0 aliphatic carbocycles. The lowest BCUT2D eigenvalue weighted by Crippen LogP contribution is -2.58. The van der Waals surface area contributed by atoms with Gasteiger partial charge >= 0.3 is 6.09 Å². The first-order chi connectivity index (χ1) is 7.65. The van der Waals surface area contributed by atoms with Crippen molar-refractivity contribution in [2.45, 2.75) is 44.8 Å². The van der Waals surface area contributed by atoms with Gasteiger partial charge < -0.3 is 15.0 Å². The molecule has 0 aromatic carbocycles. The van der Waals surface area contributed by atoms with Crippen molar-refractivity contribution >= 4 is 6.09 Å². The second-order valence-corrected chi connectivity index (χ2v) is 5.28. The molecular weight excluding hydrogens is 230 g/mol. The lowest BCUT2D eigenvalue weighted by Gasteiger charge is -2.38. The molecule has 1 aliphatic rings. The van der Waals surface area contributed by atoms with Gasteiger partial charge in [0.15, 0.2) is 0 Å². The van der Waals surface area contributed by atoms with Crippen LogP contribution in [0.2, 0.25) is 0 Å². The molecule has 0 bridgehead atoms. The molecule has 1 atom stereocenters. The minimum Gasteiger partial charge on any atom is -0.444 e. The second-order valence-electron chi connectivity index (χ2n) is 5.28. The number of ether oxygens (including phenoxy) is 1. The van der Waals surface area contributed by atoms with Gasteiger partial charge in [0.2, 0.25) is 0 Å². The summed E-state index contributed by atoms with van der Waals surface area (Å²) in [7, 11) is 1.47. The molecule has 0 saturated carbocycles. The summed E-state index contributed by atoms with van der Waals surface area (Å²) in [6, 6.07) is -1.01. The quantitative estimate of drug-likeness (QED) is 0.772. The van der Waals surface area contributed by atoms with Gasteiger partial charge in [-0.25, -0.2) is 13.6 Å². The number of carbonyl (C=O) groups is 1. The number of likely N-dealkylation sites (tertiary alicyclic amines) is 1. The Morgan fingerprint density at radius 2 is 2.06 bits per heavy atom. The Kier molecular flexibility index (Phi) is 3.96. The van der Waals surface area contributed by atoms with Crippen LogP contribution in [0.3, 0.4) is 0 Å². The number of alkyl halides is 2. The maximum atomic E-state index is 13.4. The van der Waals surface area contributed by atoms with E-state index in [0.29, 0.717) is 0 Å². The first-order valence-electron chi connectivity index (χ1n) is 5.69. The lowest BCUT2D eigenvalue weighted by molar-refractivity contribution is -0.0826. The Morgan fingerprint density at radius 3 is 2.53 bits per heavy atom. The van der Waals surface area contributed by atoms with E-state index in [1.807, 2.05) is 0 Å². The van der Waals surface area contributed by atoms with Crippen LogP contribution in [-0.4, -0.2) is 48.7 Å². The molecule has 1 heterocycles. The number of rotatable bonds is 1. The van der Waals surface area contributed by atoms with Crippen LogP contribution in [0, 0.1) is 0 Å². The van der Waals surface area contributed by atoms with Gasteiger partial charge in [0, 0.05) is 19.5 Å². The number of halogens is 2. The van der Waals surface area contributed by atoms with Crippen LogP contribution in [0.1, 0.15) is 27.2 Å². The zero-order chi connectivity index (χ0) is 13.3. The Hall–Kier alpha value is -0.910. The van der Waals surface area contributed by atoms with Gasteiger partial charge in [-0.2, -0.15) is 0 Å².